The third kappa shape index (κ3) is 4.09. The summed E-state index contributed by atoms with van der Waals surface area (Å²) in [5, 5.41) is 63.6. The zero-order chi connectivity index (χ0) is 35.4. The maximum absolute atomic E-state index is 14.0. The molecule has 0 amide bonds. The van der Waals surface area contributed by atoms with Crippen LogP contribution in [0.1, 0.15) is 111 Å². The van der Waals surface area contributed by atoms with Gasteiger partial charge in [-0.05, 0) is 75.9 Å². The molecule has 0 saturated carbocycles. The Balaban J connectivity index is 1.64. The van der Waals surface area contributed by atoms with E-state index in [-0.39, 0.29) is 67.1 Å². The summed E-state index contributed by atoms with van der Waals surface area (Å²) in [6, 6.07) is 8.26. The van der Waals surface area contributed by atoms with Crippen molar-refractivity contribution in [3.8, 4) is 23.0 Å². The molecule has 0 spiro atoms. The van der Waals surface area contributed by atoms with E-state index in [1.807, 2.05) is 0 Å². The number of carbonyl (C=O) groups is 4. The van der Waals surface area contributed by atoms with E-state index in [1.165, 1.54) is 52.0 Å². The Hall–Kier alpha value is -5.72. The molecule has 0 aliphatic heterocycles. The van der Waals surface area contributed by atoms with Gasteiger partial charge < -0.3 is 30.6 Å². The Kier molecular flexibility index (Phi) is 6.98. The van der Waals surface area contributed by atoms with Crippen LogP contribution < -0.4 is 0 Å². The first-order chi connectivity index (χ1) is 22.4. The first-order valence-electron chi connectivity index (χ1n) is 14.7. The minimum atomic E-state index is -1.85. The largest absolute Gasteiger partial charge is 0.507 e. The number of aryl methyl sites for hydroxylation is 2. The van der Waals surface area contributed by atoms with E-state index in [0.717, 1.165) is 12.1 Å². The van der Waals surface area contributed by atoms with E-state index < -0.39 is 57.3 Å². The minimum absolute atomic E-state index is 0.00573. The Morgan fingerprint density at radius 1 is 0.562 bits per heavy atom. The molecule has 12 heteroatoms. The number of phenolic OH excluding ortho intramolecular Hbond substituents is 2. The van der Waals surface area contributed by atoms with Crippen LogP contribution in [0.2, 0.25) is 0 Å². The van der Waals surface area contributed by atoms with E-state index in [9.17, 15) is 49.8 Å². The second kappa shape index (κ2) is 10.4. The highest BCUT2D eigenvalue weighted by atomic mass is 17.2. The fraction of sp³-hybridized carbons (Fsp3) is 0.222. The number of benzene rings is 4. The lowest BCUT2D eigenvalue weighted by atomic mass is 9.71. The molecule has 0 radical (unpaired) electrons. The molecule has 2 atom stereocenters. The van der Waals surface area contributed by atoms with Gasteiger partial charge in [-0.25, -0.2) is 19.4 Å². The maximum atomic E-state index is 14.0. The molecule has 0 heterocycles. The SMILES string of the molecule is Cc1ccc2c(c1O)C(=O)c1c(cc(O)c(C(=O)O)c1C)[C@]2(C)OO[C@@]1(C)c2cc(O)c(C(=O)O)c(C)c2C(=O)c2c1ccc(C)c2O. The number of rotatable bonds is 5. The number of hydrogen-bond donors (Lipinski definition) is 6. The number of phenols is 4. The van der Waals surface area contributed by atoms with Gasteiger partial charge in [-0.1, -0.05) is 24.3 Å². The molecule has 48 heavy (non-hydrogen) atoms. The van der Waals surface area contributed by atoms with Gasteiger partial charge in [0.25, 0.3) is 0 Å². The summed E-state index contributed by atoms with van der Waals surface area (Å²) < 4.78 is 0. The average molecular weight is 655 g/mol. The topological polar surface area (TPSA) is 208 Å². The summed E-state index contributed by atoms with van der Waals surface area (Å²) in [7, 11) is 0. The van der Waals surface area contributed by atoms with Gasteiger partial charge in [0.15, 0.2) is 22.8 Å². The van der Waals surface area contributed by atoms with Crippen LogP contribution in [0, 0.1) is 27.7 Å². The van der Waals surface area contributed by atoms with Crippen LogP contribution in [-0.4, -0.2) is 54.1 Å². The predicted molar refractivity (Wildman–Crippen MR) is 167 cm³/mol. The highest BCUT2D eigenvalue weighted by Gasteiger charge is 2.51. The molecule has 246 valence electrons. The number of carbonyl (C=O) groups excluding carboxylic acids is 2. The van der Waals surface area contributed by atoms with E-state index >= 15 is 0 Å². The van der Waals surface area contributed by atoms with Crippen molar-refractivity contribution in [2.24, 2.45) is 0 Å². The zero-order valence-corrected chi connectivity index (χ0v) is 26.6. The molecule has 0 fully saturated rings. The van der Waals surface area contributed by atoms with Crippen LogP contribution in [0.4, 0.5) is 0 Å². The maximum Gasteiger partial charge on any atom is 0.339 e. The van der Waals surface area contributed by atoms with Crippen molar-refractivity contribution in [1.82, 2.24) is 0 Å². The van der Waals surface area contributed by atoms with Crippen molar-refractivity contribution >= 4 is 23.5 Å². The number of ketones is 2. The quantitative estimate of drug-likeness (QED) is 0.118. The summed E-state index contributed by atoms with van der Waals surface area (Å²) in [5.41, 5.74) is -4.67. The van der Waals surface area contributed by atoms with Gasteiger partial charge in [-0.2, -0.15) is 0 Å². The zero-order valence-electron chi connectivity index (χ0n) is 26.6. The van der Waals surface area contributed by atoms with Gasteiger partial charge in [0, 0.05) is 33.4 Å². The number of carboxylic acids is 2. The molecule has 2 aliphatic carbocycles. The summed E-state index contributed by atoms with van der Waals surface area (Å²) in [5.74, 6) is -6.48. The lowest BCUT2D eigenvalue weighted by Gasteiger charge is -2.42. The first kappa shape index (κ1) is 32.2. The normalized spacial score (nSPS) is 19.3. The smallest absolute Gasteiger partial charge is 0.339 e. The number of aromatic hydroxyl groups is 4. The molecule has 0 bridgehead atoms. The molecule has 0 aromatic heterocycles. The van der Waals surface area contributed by atoms with Crippen LogP contribution >= 0.6 is 0 Å². The first-order valence-corrected chi connectivity index (χ1v) is 14.7. The summed E-state index contributed by atoms with van der Waals surface area (Å²) in [6.45, 7) is 8.79. The predicted octanol–water partition coefficient (Wildman–Crippen LogP) is 5.40. The van der Waals surface area contributed by atoms with Gasteiger partial charge in [0.2, 0.25) is 0 Å². The summed E-state index contributed by atoms with van der Waals surface area (Å²) in [4.78, 5) is 64.7. The molecular formula is C36H30O12. The van der Waals surface area contributed by atoms with Crippen molar-refractivity contribution in [2.75, 3.05) is 0 Å². The third-order valence-corrected chi connectivity index (χ3v) is 9.64. The minimum Gasteiger partial charge on any atom is -0.507 e. The molecule has 2 aliphatic rings. The summed E-state index contributed by atoms with van der Waals surface area (Å²) >= 11 is 0. The molecule has 12 nitrogen and oxygen atoms in total. The highest BCUT2D eigenvalue weighted by Crippen LogP contribution is 2.53. The average Bonchev–Trinajstić information content (AvgIpc) is 2.99. The lowest BCUT2D eigenvalue weighted by Crippen LogP contribution is -2.42. The second-order valence-electron chi connectivity index (χ2n) is 12.4. The fourth-order valence-electron chi connectivity index (χ4n) is 7.01. The van der Waals surface area contributed by atoms with Crippen LogP contribution in [0.15, 0.2) is 36.4 Å². The number of carboxylic acid groups (broad SMARTS) is 2. The van der Waals surface area contributed by atoms with Crippen LogP contribution in [-0.2, 0) is 21.0 Å². The van der Waals surface area contributed by atoms with Gasteiger partial charge in [-0.3, -0.25) is 9.59 Å². The van der Waals surface area contributed by atoms with E-state index in [2.05, 4.69) is 0 Å². The lowest BCUT2D eigenvalue weighted by molar-refractivity contribution is -0.399. The van der Waals surface area contributed by atoms with Crippen LogP contribution in [0.25, 0.3) is 0 Å². The number of hydrogen-bond acceptors (Lipinski definition) is 10. The Labute approximate surface area is 273 Å². The van der Waals surface area contributed by atoms with Crippen molar-refractivity contribution in [3.63, 3.8) is 0 Å². The highest BCUT2D eigenvalue weighted by molar-refractivity contribution is 6.18. The van der Waals surface area contributed by atoms with E-state index in [0.29, 0.717) is 11.1 Å². The molecule has 0 unspecified atom stereocenters. The molecule has 6 N–H and O–H groups in total. The van der Waals surface area contributed by atoms with Crippen molar-refractivity contribution in [3.05, 3.63) is 114 Å². The van der Waals surface area contributed by atoms with Gasteiger partial charge in [0.1, 0.15) is 34.1 Å². The van der Waals surface area contributed by atoms with Crippen LogP contribution in [0.3, 0.4) is 0 Å². The standard InChI is InChI=1S/C36H30O12/c1-13-7-9-17-27(29(13)39)31(41)23-15(3)25(33(43)44)21(37)11-19(23)35(17,5)47-48-36(6)18-10-8-14(2)30(40)28(18)32(42)24-16(4)26(34(45)46)22(38)12-20(24)36/h7-12,37-40H,1-6H3,(H,43,44)(H,45,46)/t35-,36-/m1/s1. The molecule has 4 aromatic carbocycles. The fourth-order valence-corrected chi connectivity index (χ4v) is 7.01. The summed E-state index contributed by atoms with van der Waals surface area (Å²) in [6.07, 6.45) is 0. The van der Waals surface area contributed by atoms with E-state index in [1.54, 1.807) is 13.8 Å². The van der Waals surface area contributed by atoms with Crippen LogP contribution in [0.5, 0.6) is 23.0 Å². The molecule has 6 rings (SSSR count). The monoisotopic (exact) mass is 654 g/mol. The number of aromatic carboxylic acids is 2. The molecular weight excluding hydrogens is 624 g/mol. The Morgan fingerprint density at radius 2 is 0.896 bits per heavy atom. The Morgan fingerprint density at radius 3 is 1.21 bits per heavy atom. The Bertz CT molecular complexity index is 2040. The van der Waals surface area contributed by atoms with E-state index in [4.69, 9.17) is 9.78 Å². The van der Waals surface area contributed by atoms with Gasteiger partial charge >= 0.3 is 11.9 Å². The molecule has 0 saturated heterocycles. The van der Waals surface area contributed by atoms with Crippen molar-refractivity contribution < 1.29 is 59.6 Å². The van der Waals surface area contributed by atoms with Crippen molar-refractivity contribution in [1.29, 1.82) is 0 Å². The van der Waals surface area contributed by atoms with Gasteiger partial charge in [-0.15, -0.1) is 0 Å². The van der Waals surface area contributed by atoms with Gasteiger partial charge in [0.05, 0.1) is 11.1 Å². The second-order valence-corrected chi connectivity index (χ2v) is 12.4. The number of fused-ring (bicyclic) bond motifs is 4. The van der Waals surface area contributed by atoms with Crippen molar-refractivity contribution in [2.45, 2.75) is 52.7 Å². The third-order valence-electron chi connectivity index (χ3n) is 9.64. The molecule has 4 aromatic rings.